The minimum atomic E-state index is -0.497. The Morgan fingerprint density at radius 3 is 2.61 bits per heavy atom. The van der Waals surface area contributed by atoms with Crippen molar-refractivity contribution in [3.05, 3.63) is 34.9 Å². The van der Waals surface area contributed by atoms with E-state index in [1.807, 2.05) is 32.0 Å². The van der Waals surface area contributed by atoms with Gasteiger partial charge in [-0.3, -0.25) is 14.5 Å². The third kappa shape index (κ3) is 6.08. The van der Waals surface area contributed by atoms with Gasteiger partial charge in [-0.15, -0.1) is 0 Å². The molecule has 1 aromatic carbocycles. The number of imidazole rings is 1. The number of benzene rings is 1. The van der Waals surface area contributed by atoms with Crippen molar-refractivity contribution in [2.24, 2.45) is 0 Å². The molecule has 4 rings (SSSR count). The molecule has 2 aromatic heterocycles. The summed E-state index contributed by atoms with van der Waals surface area (Å²) in [6.45, 7) is 8.92. The average molecular weight is 545 g/mol. The first-order valence-corrected chi connectivity index (χ1v) is 13.2. The van der Waals surface area contributed by atoms with Gasteiger partial charge in [0.25, 0.3) is 11.7 Å². The van der Waals surface area contributed by atoms with Crippen LogP contribution in [0.2, 0.25) is 5.15 Å². The van der Waals surface area contributed by atoms with Crippen LogP contribution in [0.25, 0.3) is 11.0 Å². The topological polar surface area (TPSA) is 157 Å². The van der Waals surface area contributed by atoms with Crippen LogP contribution in [0.3, 0.4) is 0 Å². The van der Waals surface area contributed by atoms with Crippen LogP contribution >= 0.6 is 11.6 Å². The van der Waals surface area contributed by atoms with Crippen LogP contribution in [0, 0.1) is 0 Å². The number of anilines is 2. The van der Waals surface area contributed by atoms with E-state index < -0.39 is 5.91 Å². The van der Waals surface area contributed by atoms with E-state index in [1.165, 1.54) is 0 Å². The Kier molecular flexibility index (Phi) is 8.85. The number of amides is 2. The van der Waals surface area contributed by atoms with Gasteiger partial charge in [-0.1, -0.05) is 11.6 Å². The number of rotatable bonds is 11. The number of ether oxygens (including phenoxy) is 1. The molecule has 0 spiro atoms. The van der Waals surface area contributed by atoms with Crippen molar-refractivity contribution in [2.75, 3.05) is 44.3 Å². The van der Waals surface area contributed by atoms with E-state index >= 15 is 0 Å². The number of carbonyl (C=O) groups excluding carboxylic acids is 2. The highest BCUT2D eigenvalue weighted by Crippen LogP contribution is 2.22. The molecule has 2 amide bonds. The lowest BCUT2D eigenvalue weighted by atomic mass is 10.3. The van der Waals surface area contributed by atoms with Gasteiger partial charge >= 0.3 is 0 Å². The molecule has 0 unspecified atom stereocenters. The Hall–Kier alpha value is -3.64. The molecule has 12 nitrogen and oxygen atoms in total. The molecule has 204 valence electrons. The minimum Gasteiger partial charge on any atom is -0.492 e. The van der Waals surface area contributed by atoms with E-state index in [0.717, 1.165) is 42.8 Å². The van der Waals surface area contributed by atoms with Gasteiger partial charge < -0.3 is 26.8 Å². The van der Waals surface area contributed by atoms with Gasteiger partial charge in [0.15, 0.2) is 33.5 Å². The van der Waals surface area contributed by atoms with E-state index in [1.54, 1.807) is 0 Å². The van der Waals surface area contributed by atoms with Gasteiger partial charge in [-0.2, -0.15) is 0 Å². The van der Waals surface area contributed by atoms with Crippen LogP contribution in [0.5, 0.6) is 5.75 Å². The van der Waals surface area contributed by atoms with E-state index in [9.17, 15) is 9.59 Å². The third-order valence-corrected chi connectivity index (χ3v) is 6.85. The smallest absolute Gasteiger partial charge is 0.277 e. The Bertz CT molecular complexity index is 1320. The number of nitrogens with two attached hydrogens (primary N) is 2. The van der Waals surface area contributed by atoms with Crippen LogP contribution in [0.15, 0.2) is 18.2 Å². The molecule has 3 aromatic rings. The van der Waals surface area contributed by atoms with Crippen molar-refractivity contribution in [1.29, 1.82) is 0 Å². The highest BCUT2D eigenvalue weighted by atomic mass is 35.5. The molecule has 0 atom stereocenters. The van der Waals surface area contributed by atoms with Gasteiger partial charge in [-0.25, -0.2) is 19.1 Å². The van der Waals surface area contributed by atoms with Gasteiger partial charge in [0.05, 0.1) is 26.2 Å². The number of halogens is 1. The first kappa shape index (κ1) is 27.4. The Labute approximate surface area is 226 Å². The summed E-state index contributed by atoms with van der Waals surface area (Å²) in [7, 11) is 0. The monoisotopic (exact) mass is 544 g/mol. The number of hydrogen-bond donors (Lipinski definition) is 4. The molecule has 1 aliphatic rings. The van der Waals surface area contributed by atoms with Crippen molar-refractivity contribution in [1.82, 2.24) is 30.1 Å². The first-order chi connectivity index (χ1) is 18.3. The maximum atomic E-state index is 12.8. The quantitative estimate of drug-likeness (QED) is 0.206. The molecule has 0 saturated carbocycles. The standard InChI is InChI=1S/C25H34ClN9O3/c1-3-34-17-8-7-16(38-12-9-29-19(36)15-33-10-5-6-11-33)13-18(17)35(4-2)20(34)14-30-25(37)21-23(27)32-24(28)22(26)31-21/h7-8,13H,3-6,9-12,14-15H2,1-2H3,(H5-,27,28,29,30,32,36,37)/p+1. The first-order valence-electron chi connectivity index (χ1n) is 12.9. The summed E-state index contributed by atoms with van der Waals surface area (Å²) < 4.78 is 10.2. The predicted molar refractivity (Wildman–Crippen MR) is 145 cm³/mol. The maximum absolute atomic E-state index is 12.8. The number of nitrogen functional groups attached to an aromatic ring is 2. The second-order valence-electron chi connectivity index (χ2n) is 9.05. The number of carbonyl (C=O) groups is 2. The van der Waals surface area contributed by atoms with Crippen LogP contribution in [0.1, 0.15) is 43.0 Å². The number of aromatic nitrogens is 4. The van der Waals surface area contributed by atoms with Crippen molar-refractivity contribution in [3.63, 3.8) is 0 Å². The molecule has 0 bridgehead atoms. The van der Waals surface area contributed by atoms with Gasteiger partial charge in [0.1, 0.15) is 18.9 Å². The lowest BCUT2D eigenvalue weighted by molar-refractivity contribution is -0.676. The number of nitrogens with one attached hydrogen (secondary N) is 2. The number of fused-ring (bicyclic) bond motifs is 1. The number of nitrogens with zero attached hydrogens (tertiary/aromatic N) is 5. The third-order valence-electron chi connectivity index (χ3n) is 6.57. The summed E-state index contributed by atoms with van der Waals surface area (Å²) >= 11 is 5.93. The van der Waals surface area contributed by atoms with Gasteiger partial charge in [0.2, 0.25) is 5.91 Å². The lowest BCUT2D eigenvalue weighted by Crippen LogP contribution is -2.40. The van der Waals surface area contributed by atoms with E-state index in [2.05, 4.69) is 34.6 Å². The molecule has 38 heavy (non-hydrogen) atoms. The molecular weight excluding hydrogens is 510 g/mol. The molecule has 1 fully saturated rings. The zero-order valence-electron chi connectivity index (χ0n) is 21.8. The van der Waals surface area contributed by atoms with Crippen LogP contribution in [-0.4, -0.2) is 64.0 Å². The van der Waals surface area contributed by atoms with Crippen LogP contribution < -0.4 is 31.4 Å². The second kappa shape index (κ2) is 12.3. The number of aryl methyl sites for hydroxylation is 2. The Balaban J connectivity index is 1.43. The molecule has 6 N–H and O–H groups in total. The summed E-state index contributed by atoms with van der Waals surface area (Å²) in [5, 5.41) is 5.72. The number of likely N-dealkylation sites (tertiary alicyclic amines) is 1. The minimum absolute atomic E-state index is 0.0236. The Morgan fingerprint density at radius 1 is 1.13 bits per heavy atom. The summed E-state index contributed by atoms with van der Waals surface area (Å²) in [4.78, 5) is 34.9. The summed E-state index contributed by atoms with van der Waals surface area (Å²) in [6.07, 6.45) is 2.32. The van der Waals surface area contributed by atoms with Gasteiger partial charge in [0, 0.05) is 6.07 Å². The number of hydrogen-bond acceptors (Lipinski definition) is 8. The van der Waals surface area contributed by atoms with Gasteiger partial charge in [-0.05, 0) is 51.9 Å². The zero-order valence-corrected chi connectivity index (χ0v) is 22.6. The van der Waals surface area contributed by atoms with Crippen molar-refractivity contribution < 1.29 is 18.9 Å². The van der Waals surface area contributed by atoms with Crippen molar-refractivity contribution >= 4 is 46.1 Å². The highest BCUT2D eigenvalue weighted by Gasteiger charge is 2.25. The fraction of sp³-hybridized carbons (Fsp3) is 0.480. The van der Waals surface area contributed by atoms with Crippen molar-refractivity contribution in [3.8, 4) is 5.75 Å². The average Bonchev–Trinajstić information content (AvgIpc) is 3.51. The lowest BCUT2D eigenvalue weighted by Gasteiger charge is -2.14. The molecule has 3 heterocycles. The SMILES string of the molecule is CCn1c(CNC(=O)c2nc(Cl)c(N)nc2N)[n+](CC)c2ccc(OCCNC(=O)CN3CCCC3)cc21. The van der Waals surface area contributed by atoms with E-state index in [0.29, 0.717) is 38.5 Å². The normalized spacial score (nSPS) is 13.7. The van der Waals surface area contributed by atoms with E-state index in [-0.39, 0.29) is 34.9 Å². The Morgan fingerprint density at radius 2 is 1.89 bits per heavy atom. The fourth-order valence-corrected chi connectivity index (χ4v) is 4.90. The van der Waals surface area contributed by atoms with Crippen LogP contribution in [-0.2, 0) is 24.4 Å². The highest BCUT2D eigenvalue weighted by molar-refractivity contribution is 6.31. The molecule has 0 radical (unpaired) electrons. The zero-order chi connectivity index (χ0) is 27.2. The van der Waals surface area contributed by atoms with Crippen LogP contribution in [0.4, 0.5) is 11.6 Å². The second-order valence-corrected chi connectivity index (χ2v) is 9.41. The maximum Gasteiger partial charge on any atom is 0.277 e. The summed E-state index contributed by atoms with van der Waals surface area (Å²) in [5.41, 5.74) is 13.4. The predicted octanol–water partition coefficient (Wildman–Crippen LogP) is 1.10. The molecule has 1 saturated heterocycles. The molecule has 1 aliphatic heterocycles. The summed E-state index contributed by atoms with van der Waals surface area (Å²) in [5.74, 6) is 1.02. The van der Waals surface area contributed by atoms with E-state index in [4.69, 9.17) is 27.8 Å². The molecule has 0 aliphatic carbocycles. The fourth-order valence-electron chi connectivity index (χ4n) is 4.77. The van der Waals surface area contributed by atoms with Crippen molar-refractivity contribution in [2.45, 2.75) is 46.3 Å². The molecule has 13 heteroatoms. The molecular formula is C25H35ClN9O3+. The largest absolute Gasteiger partial charge is 0.492 e. The summed E-state index contributed by atoms with van der Waals surface area (Å²) in [6, 6.07) is 5.89.